The van der Waals surface area contributed by atoms with Crippen molar-refractivity contribution in [3.8, 4) is 0 Å². The molecule has 128 valence electrons. The third kappa shape index (κ3) is 7.74. The molecule has 0 radical (unpaired) electrons. The van der Waals surface area contributed by atoms with Gasteiger partial charge in [0.1, 0.15) is 0 Å². The Morgan fingerprint density at radius 1 is 1.30 bits per heavy atom. The van der Waals surface area contributed by atoms with Gasteiger partial charge in [-0.15, -0.1) is 0 Å². The van der Waals surface area contributed by atoms with Crippen LogP contribution >= 0.6 is 0 Å². The molecule has 0 spiro atoms. The molecule has 1 heterocycles. The molecular formula is C17H27N3O3. The second-order valence-electron chi connectivity index (χ2n) is 6.02. The molecule has 0 aliphatic carbocycles. The normalized spacial score (nSPS) is 11.6. The van der Waals surface area contributed by atoms with Crippen molar-refractivity contribution in [3.05, 3.63) is 30.1 Å². The summed E-state index contributed by atoms with van der Waals surface area (Å²) >= 11 is 0. The molecule has 0 aromatic carbocycles. The first kappa shape index (κ1) is 19.1. The third-order valence-corrected chi connectivity index (χ3v) is 3.08. The Hall–Kier alpha value is -1.95. The number of ketones is 1. The van der Waals surface area contributed by atoms with E-state index in [1.54, 1.807) is 23.2 Å². The largest absolute Gasteiger partial charge is 0.378 e. The topological polar surface area (TPSA) is 73.2 Å². The van der Waals surface area contributed by atoms with Gasteiger partial charge in [0.15, 0.2) is 5.78 Å². The zero-order valence-corrected chi connectivity index (χ0v) is 14.4. The smallest absolute Gasteiger partial charge is 0.243 e. The van der Waals surface area contributed by atoms with Gasteiger partial charge in [0, 0.05) is 18.7 Å². The summed E-state index contributed by atoms with van der Waals surface area (Å²) in [7, 11) is 0. The van der Waals surface area contributed by atoms with Crippen LogP contribution in [0.1, 0.15) is 38.1 Å². The van der Waals surface area contributed by atoms with Crippen LogP contribution in [-0.4, -0.2) is 41.2 Å². The van der Waals surface area contributed by atoms with Gasteiger partial charge >= 0.3 is 0 Å². The first-order chi connectivity index (χ1) is 10.9. The average molecular weight is 321 g/mol. The lowest BCUT2D eigenvalue weighted by Crippen LogP contribution is -2.26. The van der Waals surface area contributed by atoms with Gasteiger partial charge < -0.3 is 10.1 Å². The van der Waals surface area contributed by atoms with Gasteiger partial charge in [-0.1, -0.05) is 33.8 Å². The van der Waals surface area contributed by atoms with Crippen LogP contribution in [0.4, 0.5) is 0 Å². The minimum absolute atomic E-state index is 0.0303. The van der Waals surface area contributed by atoms with Gasteiger partial charge in [0.25, 0.3) is 0 Å². The molecule has 0 atom stereocenters. The van der Waals surface area contributed by atoms with Crippen LogP contribution in [0.3, 0.4) is 0 Å². The Morgan fingerprint density at radius 2 is 2.04 bits per heavy atom. The average Bonchev–Trinajstić information content (AvgIpc) is 2.96. The summed E-state index contributed by atoms with van der Waals surface area (Å²) in [6.45, 7) is 9.74. The predicted molar refractivity (Wildman–Crippen MR) is 89.2 cm³/mol. The highest BCUT2D eigenvalue weighted by atomic mass is 16.5. The summed E-state index contributed by atoms with van der Waals surface area (Å²) in [6, 6.07) is 0. The number of nitrogens with zero attached hydrogens (tertiary/aromatic N) is 2. The molecule has 1 aromatic rings. The van der Waals surface area contributed by atoms with Crippen molar-refractivity contribution in [2.45, 2.75) is 34.2 Å². The van der Waals surface area contributed by atoms with Crippen LogP contribution in [0.15, 0.2) is 24.5 Å². The molecule has 6 nitrogen and oxygen atoms in total. The summed E-state index contributed by atoms with van der Waals surface area (Å²) in [4.78, 5) is 23.2. The van der Waals surface area contributed by atoms with E-state index in [9.17, 15) is 9.59 Å². The maximum absolute atomic E-state index is 11.8. The Labute approximate surface area is 137 Å². The van der Waals surface area contributed by atoms with Gasteiger partial charge in [-0.2, -0.15) is 5.10 Å². The number of amides is 1. The predicted octanol–water partition coefficient (Wildman–Crippen LogP) is 2.07. The van der Waals surface area contributed by atoms with E-state index in [4.69, 9.17) is 4.74 Å². The number of carbonyl (C=O) groups excluding carboxylic acids is 2. The van der Waals surface area contributed by atoms with Crippen LogP contribution in [0.2, 0.25) is 0 Å². The summed E-state index contributed by atoms with van der Waals surface area (Å²) in [5.41, 5.74) is 0.629. The van der Waals surface area contributed by atoms with Crippen LogP contribution < -0.4 is 5.32 Å². The number of nitrogens with one attached hydrogen (secondary N) is 1. The molecule has 0 aliphatic rings. The maximum Gasteiger partial charge on any atom is 0.243 e. The van der Waals surface area contributed by atoms with E-state index in [2.05, 4.69) is 10.4 Å². The summed E-state index contributed by atoms with van der Waals surface area (Å²) in [5.74, 6) is 0.316. The molecule has 1 aromatic heterocycles. The number of Topliss-reactive ketones (excluding diaryl/α,β-unsaturated/α-hetero) is 1. The fourth-order valence-corrected chi connectivity index (χ4v) is 1.79. The highest BCUT2D eigenvalue weighted by Gasteiger charge is 2.12. The number of allylic oxidation sites excluding steroid dienone is 1. The molecule has 1 rings (SSSR count). The van der Waals surface area contributed by atoms with E-state index < -0.39 is 0 Å². The Balaban J connectivity index is 2.16. The standard InChI is InChI=1S/C17H27N3O3/c1-13(2)5-6-16(21)18-7-9-23-10-8-20-12-15(11-19-20)17(22)14(3)4/h5-6,11-14H,7-10H2,1-4H3,(H,18,21)/b6-5+. The lowest BCUT2D eigenvalue weighted by atomic mass is 10.1. The number of hydrogen-bond donors (Lipinski definition) is 1. The van der Waals surface area contributed by atoms with Crippen LogP contribution in [-0.2, 0) is 16.1 Å². The number of ether oxygens (including phenoxy) is 1. The van der Waals surface area contributed by atoms with Crippen molar-refractivity contribution >= 4 is 11.7 Å². The molecule has 0 aliphatic heterocycles. The first-order valence-electron chi connectivity index (χ1n) is 8.00. The third-order valence-electron chi connectivity index (χ3n) is 3.08. The highest BCUT2D eigenvalue weighted by Crippen LogP contribution is 2.06. The second-order valence-corrected chi connectivity index (χ2v) is 6.02. The Morgan fingerprint density at radius 3 is 2.70 bits per heavy atom. The lowest BCUT2D eigenvalue weighted by Gasteiger charge is -2.05. The molecule has 23 heavy (non-hydrogen) atoms. The maximum atomic E-state index is 11.8. The number of carbonyl (C=O) groups is 2. The monoisotopic (exact) mass is 321 g/mol. The van der Waals surface area contributed by atoms with E-state index in [0.717, 1.165) is 0 Å². The molecule has 1 N–H and O–H groups in total. The van der Waals surface area contributed by atoms with Crippen molar-refractivity contribution in [3.63, 3.8) is 0 Å². The molecule has 0 saturated heterocycles. The summed E-state index contributed by atoms with van der Waals surface area (Å²) in [5, 5.41) is 6.89. The fourth-order valence-electron chi connectivity index (χ4n) is 1.79. The number of aromatic nitrogens is 2. The molecule has 0 saturated carbocycles. The molecule has 0 bridgehead atoms. The molecule has 0 unspecified atom stereocenters. The Kier molecular flexibility index (Phi) is 8.26. The van der Waals surface area contributed by atoms with Crippen LogP contribution in [0, 0.1) is 11.8 Å². The van der Waals surface area contributed by atoms with Gasteiger partial charge in [-0.05, 0) is 12.0 Å². The van der Waals surface area contributed by atoms with Crippen molar-refractivity contribution < 1.29 is 14.3 Å². The van der Waals surface area contributed by atoms with Gasteiger partial charge in [0.2, 0.25) is 5.91 Å². The van der Waals surface area contributed by atoms with Crippen LogP contribution in [0.5, 0.6) is 0 Å². The first-order valence-corrected chi connectivity index (χ1v) is 8.00. The quantitative estimate of drug-likeness (QED) is 0.407. The zero-order chi connectivity index (χ0) is 17.2. The minimum Gasteiger partial charge on any atom is -0.378 e. The number of hydrogen-bond acceptors (Lipinski definition) is 4. The van der Waals surface area contributed by atoms with Crippen LogP contribution in [0.25, 0.3) is 0 Å². The highest BCUT2D eigenvalue weighted by molar-refractivity contribution is 5.96. The van der Waals surface area contributed by atoms with Crippen molar-refractivity contribution in [2.24, 2.45) is 11.8 Å². The fraction of sp³-hybridized carbons (Fsp3) is 0.588. The molecule has 0 fully saturated rings. The number of rotatable bonds is 10. The Bertz CT molecular complexity index is 533. The van der Waals surface area contributed by atoms with Crippen molar-refractivity contribution in [1.82, 2.24) is 15.1 Å². The zero-order valence-electron chi connectivity index (χ0n) is 14.4. The molecule has 1 amide bonds. The molecular weight excluding hydrogens is 294 g/mol. The summed E-state index contributed by atoms with van der Waals surface area (Å²) in [6.07, 6.45) is 6.72. The van der Waals surface area contributed by atoms with Crippen molar-refractivity contribution in [1.29, 1.82) is 0 Å². The SMILES string of the molecule is CC(C)/C=C/C(=O)NCCOCCn1cc(C(=O)C(C)C)cn1. The van der Waals surface area contributed by atoms with E-state index in [1.807, 2.05) is 33.8 Å². The van der Waals surface area contributed by atoms with E-state index >= 15 is 0 Å². The van der Waals surface area contributed by atoms with E-state index in [0.29, 0.717) is 37.8 Å². The second kappa shape index (κ2) is 9.94. The summed E-state index contributed by atoms with van der Waals surface area (Å²) < 4.78 is 7.14. The van der Waals surface area contributed by atoms with Gasteiger partial charge in [-0.25, -0.2) is 0 Å². The minimum atomic E-state index is -0.105. The van der Waals surface area contributed by atoms with Gasteiger partial charge in [-0.3, -0.25) is 14.3 Å². The van der Waals surface area contributed by atoms with E-state index in [-0.39, 0.29) is 17.6 Å². The lowest BCUT2D eigenvalue weighted by molar-refractivity contribution is -0.116. The van der Waals surface area contributed by atoms with Crippen molar-refractivity contribution in [2.75, 3.05) is 19.8 Å². The van der Waals surface area contributed by atoms with E-state index in [1.165, 1.54) is 0 Å². The molecule has 6 heteroatoms. The van der Waals surface area contributed by atoms with Gasteiger partial charge in [0.05, 0.1) is 31.5 Å².